The summed E-state index contributed by atoms with van der Waals surface area (Å²) in [7, 11) is 0. The fourth-order valence-corrected chi connectivity index (χ4v) is 2.85. The summed E-state index contributed by atoms with van der Waals surface area (Å²) in [5.41, 5.74) is 0.179. The zero-order valence-corrected chi connectivity index (χ0v) is 13.9. The minimum atomic E-state index is -0.672. The van der Waals surface area contributed by atoms with Gasteiger partial charge in [-0.25, -0.2) is 9.18 Å². The summed E-state index contributed by atoms with van der Waals surface area (Å²) < 4.78 is 23.8. The van der Waals surface area contributed by atoms with Crippen molar-refractivity contribution in [3.63, 3.8) is 0 Å². The second-order valence-corrected chi connectivity index (χ2v) is 6.11. The highest BCUT2D eigenvalue weighted by molar-refractivity contribution is 9.10. The monoisotopic (exact) mass is 373 g/mol. The molecule has 0 radical (unpaired) electrons. The molecule has 1 saturated heterocycles. The van der Waals surface area contributed by atoms with Gasteiger partial charge in [-0.1, -0.05) is 0 Å². The largest absolute Gasteiger partial charge is 0.452 e. The minimum absolute atomic E-state index is 0.0466. The Morgan fingerprint density at radius 1 is 1.36 bits per heavy atom. The van der Waals surface area contributed by atoms with Crippen LogP contribution in [0.5, 0.6) is 0 Å². The molecule has 120 valence electrons. The summed E-state index contributed by atoms with van der Waals surface area (Å²) >= 11 is 3.09. The van der Waals surface area contributed by atoms with Crippen LogP contribution in [0.15, 0.2) is 22.7 Å². The molecule has 1 aromatic carbocycles. The van der Waals surface area contributed by atoms with Crippen molar-refractivity contribution in [3.05, 3.63) is 34.1 Å². The van der Waals surface area contributed by atoms with Crippen molar-refractivity contribution in [2.75, 3.05) is 19.7 Å². The predicted molar refractivity (Wildman–Crippen MR) is 81.0 cm³/mol. The average Bonchev–Trinajstić information content (AvgIpc) is 2.43. The van der Waals surface area contributed by atoms with Gasteiger partial charge in [0.1, 0.15) is 5.82 Å². The van der Waals surface area contributed by atoms with E-state index >= 15 is 0 Å². The van der Waals surface area contributed by atoms with Crippen molar-refractivity contribution in [2.24, 2.45) is 0 Å². The molecule has 0 spiro atoms. The lowest BCUT2D eigenvalue weighted by molar-refractivity contribution is -0.146. The first kappa shape index (κ1) is 16.9. The highest BCUT2D eigenvalue weighted by Gasteiger charge is 2.26. The average molecular weight is 374 g/mol. The maximum atomic E-state index is 13.0. The number of ether oxygens (including phenoxy) is 2. The van der Waals surface area contributed by atoms with E-state index in [1.165, 1.54) is 12.1 Å². The Kier molecular flexibility index (Phi) is 5.52. The third kappa shape index (κ3) is 4.27. The molecule has 1 heterocycles. The van der Waals surface area contributed by atoms with E-state index in [1.807, 2.05) is 13.8 Å². The van der Waals surface area contributed by atoms with E-state index in [9.17, 15) is 14.0 Å². The van der Waals surface area contributed by atoms with E-state index in [0.29, 0.717) is 17.6 Å². The van der Waals surface area contributed by atoms with Crippen molar-refractivity contribution < 1.29 is 23.5 Å². The van der Waals surface area contributed by atoms with Crippen LogP contribution in [-0.4, -0.2) is 48.7 Å². The second kappa shape index (κ2) is 7.19. The third-order valence-corrected chi connectivity index (χ3v) is 3.91. The topological polar surface area (TPSA) is 55.8 Å². The Balaban J connectivity index is 1.91. The van der Waals surface area contributed by atoms with Crippen LogP contribution in [0.1, 0.15) is 24.2 Å². The molecule has 0 saturated carbocycles. The van der Waals surface area contributed by atoms with Crippen molar-refractivity contribution in [1.29, 1.82) is 0 Å². The number of halogens is 2. The molecule has 1 aliphatic rings. The highest BCUT2D eigenvalue weighted by Crippen LogP contribution is 2.19. The van der Waals surface area contributed by atoms with Crippen LogP contribution >= 0.6 is 15.9 Å². The molecular weight excluding hydrogens is 357 g/mol. The van der Waals surface area contributed by atoms with Crippen LogP contribution in [0.2, 0.25) is 0 Å². The van der Waals surface area contributed by atoms with Crippen molar-refractivity contribution in [2.45, 2.75) is 26.1 Å². The third-order valence-electron chi connectivity index (χ3n) is 3.25. The van der Waals surface area contributed by atoms with Gasteiger partial charge in [-0.3, -0.25) is 4.79 Å². The second-order valence-electron chi connectivity index (χ2n) is 5.26. The molecule has 0 aliphatic carbocycles. The first-order valence-corrected chi connectivity index (χ1v) is 7.71. The molecule has 1 aromatic rings. The maximum absolute atomic E-state index is 13.0. The Labute approximate surface area is 136 Å². The van der Waals surface area contributed by atoms with Crippen LogP contribution < -0.4 is 0 Å². The number of nitrogens with zero attached hydrogens (tertiary/aromatic N) is 1. The first-order valence-electron chi connectivity index (χ1n) is 6.92. The molecule has 1 amide bonds. The van der Waals surface area contributed by atoms with E-state index in [1.54, 1.807) is 4.90 Å². The summed E-state index contributed by atoms with van der Waals surface area (Å²) in [6, 6.07) is 3.64. The molecule has 0 bridgehead atoms. The Morgan fingerprint density at radius 2 is 2.00 bits per heavy atom. The molecule has 22 heavy (non-hydrogen) atoms. The molecule has 1 fully saturated rings. The van der Waals surface area contributed by atoms with Crippen molar-refractivity contribution in [3.8, 4) is 0 Å². The van der Waals surface area contributed by atoms with Gasteiger partial charge < -0.3 is 14.4 Å². The summed E-state index contributed by atoms with van der Waals surface area (Å²) in [6.45, 7) is 4.37. The highest BCUT2D eigenvalue weighted by atomic mass is 79.9. The van der Waals surface area contributed by atoms with Gasteiger partial charge in [-0.05, 0) is 48.0 Å². The molecule has 2 rings (SSSR count). The smallest absolute Gasteiger partial charge is 0.339 e. The number of rotatable bonds is 3. The summed E-state index contributed by atoms with van der Waals surface area (Å²) in [4.78, 5) is 25.6. The minimum Gasteiger partial charge on any atom is -0.452 e. The molecule has 7 heteroatoms. The van der Waals surface area contributed by atoms with E-state index < -0.39 is 11.8 Å². The number of carbonyl (C=O) groups is 2. The van der Waals surface area contributed by atoms with Gasteiger partial charge in [0.05, 0.1) is 17.8 Å². The Hall–Kier alpha value is -1.47. The maximum Gasteiger partial charge on any atom is 0.339 e. The number of benzene rings is 1. The summed E-state index contributed by atoms with van der Waals surface area (Å²) in [5.74, 6) is -1.40. The zero-order valence-electron chi connectivity index (χ0n) is 12.3. The Bertz CT molecular complexity index is 571. The van der Waals surface area contributed by atoms with Gasteiger partial charge >= 0.3 is 5.97 Å². The van der Waals surface area contributed by atoms with Crippen LogP contribution in [0.25, 0.3) is 0 Å². The molecule has 0 aromatic heterocycles. The number of amides is 1. The van der Waals surface area contributed by atoms with Gasteiger partial charge in [-0.15, -0.1) is 0 Å². The number of carbonyl (C=O) groups excluding carboxylic acids is 2. The van der Waals surface area contributed by atoms with Gasteiger partial charge in [0.2, 0.25) is 0 Å². The van der Waals surface area contributed by atoms with E-state index in [0.717, 1.165) is 6.07 Å². The standard InChI is InChI=1S/C15H17BrFNO4/c1-9-6-18(7-10(2)22-9)14(19)8-21-15(20)12-4-3-11(17)5-13(12)16/h3-5,9-10H,6-8H2,1-2H3/t9-,10-/m1/s1. The molecule has 2 atom stereocenters. The molecule has 0 unspecified atom stereocenters. The fraction of sp³-hybridized carbons (Fsp3) is 0.467. The number of esters is 1. The molecule has 0 N–H and O–H groups in total. The van der Waals surface area contributed by atoms with Crippen LogP contribution in [0.3, 0.4) is 0 Å². The van der Waals surface area contributed by atoms with E-state index in [2.05, 4.69) is 15.9 Å². The fourth-order valence-electron chi connectivity index (χ4n) is 2.33. The van der Waals surface area contributed by atoms with Gasteiger partial charge in [0, 0.05) is 17.6 Å². The summed E-state index contributed by atoms with van der Waals surface area (Å²) in [5, 5.41) is 0. The molecular formula is C15H17BrFNO4. The lowest BCUT2D eigenvalue weighted by atomic mass is 10.2. The number of hydrogen-bond donors (Lipinski definition) is 0. The Morgan fingerprint density at radius 3 is 2.59 bits per heavy atom. The van der Waals surface area contributed by atoms with Crippen molar-refractivity contribution >= 4 is 27.8 Å². The van der Waals surface area contributed by atoms with Crippen LogP contribution in [0.4, 0.5) is 4.39 Å². The number of hydrogen-bond acceptors (Lipinski definition) is 4. The van der Waals surface area contributed by atoms with E-state index in [-0.39, 0.29) is 30.3 Å². The molecule has 1 aliphatic heterocycles. The van der Waals surface area contributed by atoms with Gasteiger partial charge in [0.15, 0.2) is 6.61 Å². The predicted octanol–water partition coefficient (Wildman–Crippen LogP) is 2.38. The lowest BCUT2D eigenvalue weighted by Crippen LogP contribution is -2.49. The number of morpholine rings is 1. The van der Waals surface area contributed by atoms with Gasteiger partial charge in [0.25, 0.3) is 5.91 Å². The van der Waals surface area contributed by atoms with Crippen molar-refractivity contribution in [1.82, 2.24) is 4.90 Å². The summed E-state index contributed by atoms with van der Waals surface area (Å²) in [6.07, 6.45) is -0.0933. The van der Waals surface area contributed by atoms with Crippen LogP contribution in [-0.2, 0) is 14.3 Å². The normalized spacial score (nSPS) is 21.5. The first-order chi connectivity index (χ1) is 10.4. The lowest BCUT2D eigenvalue weighted by Gasteiger charge is -2.35. The quantitative estimate of drug-likeness (QED) is 0.763. The van der Waals surface area contributed by atoms with Crippen LogP contribution in [0, 0.1) is 5.82 Å². The SMILES string of the molecule is C[C@@H]1CN(C(=O)COC(=O)c2ccc(F)cc2Br)C[C@@H](C)O1. The van der Waals surface area contributed by atoms with E-state index in [4.69, 9.17) is 9.47 Å². The molecule has 5 nitrogen and oxygen atoms in total. The van der Waals surface area contributed by atoms with Gasteiger partial charge in [-0.2, -0.15) is 0 Å². The zero-order chi connectivity index (χ0) is 16.3.